The van der Waals surface area contributed by atoms with Gasteiger partial charge >= 0.3 is 0 Å². The molecule has 1 heterocycles. The minimum atomic E-state index is -1.59. The second kappa shape index (κ2) is 3.24. The molecule has 87 valence electrons. The third-order valence-corrected chi connectivity index (χ3v) is 9.13. The molecule has 4 rings (SSSR count). The lowest BCUT2D eigenvalue weighted by atomic mass is 10.1. The molecule has 1 aliphatic carbocycles. The quantitative estimate of drug-likeness (QED) is 0.680. The van der Waals surface area contributed by atoms with Gasteiger partial charge in [-0.15, -0.1) is 0 Å². The van der Waals surface area contributed by atoms with Crippen LogP contribution in [0.25, 0.3) is 5.20 Å². The fourth-order valence-electron chi connectivity index (χ4n) is 3.68. The van der Waals surface area contributed by atoms with Crippen molar-refractivity contribution in [3.63, 3.8) is 0 Å². The molecule has 1 unspecified atom stereocenters. The summed E-state index contributed by atoms with van der Waals surface area (Å²) in [6.07, 6.45) is 2.36. The number of rotatable bonds is 1. The number of hydrogen-bond donors (Lipinski definition) is 0. The van der Waals surface area contributed by atoms with Crippen molar-refractivity contribution in [2.45, 2.75) is 13.5 Å². The molecule has 0 saturated heterocycles. The van der Waals surface area contributed by atoms with Crippen LogP contribution in [0, 0.1) is 6.42 Å². The topological polar surface area (TPSA) is 0 Å². The Morgan fingerprint density at radius 1 is 0.889 bits per heavy atom. The van der Waals surface area contributed by atoms with Crippen molar-refractivity contribution in [3.05, 3.63) is 71.7 Å². The molecule has 18 heavy (non-hydrogen) atoms. The summed E-state index contributed by atoms with van der Waals surface area (Å²) in [6.45, 7) is 4.76. The zero-order valence-electron chi connectivity index (χ0n) is 10.7. The van der Waals surface area contributed by atoms with Crippen molar-refractivity contribution >= 4 is 23.6 Å². The van der Waals surface area contributed by atoms with Crippen molar-refractivity contribution in [3.8, 4) is 0 Å². The predicted molar refractivity (Wildman–Crippen MR) is 79.8 cm³/mol. The first-order valence-electron chi connectivity index (χ1n) is 6.48. The maximum atomic E-state index is 2.49. The third-order valence-electron chi connectivity index (χ3n) is 4.50. The molecule has 0 spiro atoms. The van der Waals surface area contributed by atoms with Crippen LogP contribution in [-0.4, -0.2) is 8.07 Å². The number of benzene rings is 2. The molecule has 2 aliphatic rings. The van der Waals surface area contributed by atoms with Gasteiger partial charge in [-0.1, -0.05) is 60.7 Å². The number of hydrogen-bond acceptors (Lipinski definition) is 0. The lowest BCUT2D eigenvalue weighted by Gasteiger charge is -2.42. The Kier molecular flexibility index (Phi) is 1.86. The summed E-state index contributed by atoms with van der Waals surface area (Å²) < 4.78 is 0. The van der Waals surface area contributed by atoms with Crippen molar-refractivity contribution in [2.75, 3.05) is 0 Å². The average Bonchev–Trinajstić information content (AvgIpc) is 2.73. The van der Waals surface area contributed by atoms with E-state index in [0.717, 1.165) is 0 Å². The Labute approximate surface area is 109 Å². The van der Waals surface area contributed by atoms with E-state index < -0.39 is 8.07 Å². The zero-order valence-corrected chi connectivity index (χ0v) is 11.7. The van der Waals surface area contributed by atoms with E-state index in [1.54, 1.807) is 21.1 Å². The van der Waals surface area contributed by atoms with Crippen LogP contribution in [0.1, 0.15) is 18.1 Å². The van der Waals surface area contributed by atoms with Crippen LogP contribution >= 0.6 is 0 Å². The molecular formula is C17H15Si. The Morgan fingerprint density at radius 2 is 1.67 bits per heavy atom. The summed E-state index contributed by atoms with van der Waals surface area (Å²) in [6, 6.07) is 17.9. The van der Waals surface area contributed by atoms with Gasteiger partial charge in [0.2, 0.25) is 0 Å². The fraction of sp³-hybridized carbons (Fsp3) is 0.118. The van der Waals surface area contributed by atoms with Crippen LogP contribution in [0.2, 0.25) is 6.55 Å². The zero-order chi connectivity index (χ0) is 12.3. The molecule has 0 aromatic heterocycles. The Balaban J connectivity index is 2.03. The van der Waals surface area contributed by atoms with Gasteiger partial charge in [-0.25, -0.2) is 0 Å². The van der Waals surface area contributed by atoms with E-state index in [1.165, 1.54) is 11.1 Å². The van der Waals surface area contributed by atoms with Gasteiger partial charge in [0.1, 0.15) is 8.07 Å². The van der Waals surface area contributed by atoms with Gasteiger partial charge in [0.25, 0.3) is 0 Å². The molecule has 2 aromatic carbocycles. The van der Waals surface area contributed by atoms with Gasteiger partial charge in [0.05, 0.1) is 0 Å². The van der Waals surface area contributed by atoms with Crippen LogP contribution in [0.4, 0.5) is 0 Å². The SMILES string of the molecule is CC1=C2c3c(cccc3[Si]2(C)c2ccccc2)[CH]1. The lowest BCUT2D eigenvalue weighted by Crippen LogP contribution is -2.65. The summed E-state index contributed by atoms with van der Waals surface area (Å²) in [5.41, 5.74) is 4.47. The van der Waals surface area contributed by atoms with Crippen molar-refractivity contribution < 1.29 is 0 Å². The highest BCUT2D eigenvalue weighted by molar-refractivity contribution is 7.19. The number of allylic oxidation sites excluding steroid dienone is 1. The fourth-order valence-corrected chi connectivity index (χ4v) is 8.06. The maximum absolute atomic E-state index is 2.49. The third kappa shape index (κ3) is 1.02. The summed E-state index contributed by atoms with van der Waals surface area (Å²) in [5.74, 6) is 0. The minimum absolute atomic E-state index is 1.43. The average molecular weight is 247 g/mol. The normalized spacial score (nSPS) is 23.9. The van der Waals surface area contributed by atoms with Gasteiger partial charge in [-0.3, -0.25) is 0 Å². The summed E-state index contributed by atoms with van der Waals surface area (Å²) >= 11 is 0. The smallest absolute Gasteiger partial charge is 0.0642 e. The standard InChI is InChI=1S/C17H15Si/c1-12-11-13-7-6-10-15-16(13)17(12)18(15,2)14-8-4-3-5-9-14/h3-11H,1-2H3. The van der Waals surface area contributed by atoms with Crippen LogP contribution in [0.5, 0.6) is 0 Å². The van der Waals surface area contributed by atoms with Crippen molar-refractivity contribution in [2.24, 2.45) is 0 Å². The van der Waals surface area contributed by atoms with Crippen LogP contribution < -0.4 is 10.4 Å². The first kappa shape index (κ1) is 10.3. The lowest BCUT2D eigenvalue weighted by molar-refractivity contribution is 1.46. The van der Waals surface area contributed by atoms with Gasteiger partial charge < -0.3 is 0 Å². The van der Waals surface area contributed by atoms with E-state index in [-0.39, 0.29) is 0 Å². The van der Waals surface area contributed by atoms with Gasteiger partial charge in [0, 0.05) is 6.42 Å². The molecule has 1 atom stereocenters. The first-order valence-corrected chi connectivity index (χ1v) is 8.98. The molecule has 1 radical (unpaired) electrons. The molecule has 0 fully saturated rings. The maximum Gasteiger partial charge on any atom is 0.146 e. The molecule has 2 aromatic rings. The highest BCUT2D eigenvalue weighted by Gasteiger charge is 2.51. The van der Waals surface area contributed by atoms with E-state index in [9.17, 15) is 0 Å². The summed E-state index contributed by atoms with van der Waals surface area (Å²) in [5, 5.41) is 4.83. The molecule has 1 heteroatoms. The van der Waals surface area contributed by atoms with E-state index in [4.69, 9.17) is 0 Å². The predicted octanol–water partition coefficient (Wildman–Crippen LogP) is 2.77. The Morgan fingerprint density at radius 3 is 2.44 bits per heavy atom. The van der Waals surface area contributed by atoms with Crippen LogP contribution in [0.15, 0.2) is 54.1 Å². The van der Waals surface area contributed by atoms with Gasteiger partial charge in [0.15, 0.2) is 0 Å². The van der Waals surface area contributed by atoms with E-state index in [0.29, 0.717) is 0 Å². The molecule has 1 aliphatic heterocycles. The van der Waals surface area contributed by atoms with Gasteiger partial charge in [-0.2, -0.15) is 0 Å². The van der Waals surface area contributed by atoms with Crippen molar-refractivity contribution in [1.82, 2.24) is 0 Å². The monoisotopic (exact) mass is 247 g/mol. The molecule has 0 bridgehead atoms. The van der Waals surface area contributed by atoms with Gasteiger partial charge in [-0.05, 0) is 33.6 Å². The Bertz CT molecular complexity index is 682. The van der Waals surface area contributed by atoms with Crippen LogP contribution in [-0.2, 0) is 0 Å². The molecule has 0 N–H and O–H groups in total. The van der Waals surface area contributed by atoms with E-state index in [1.807, 2.05) is 0 Å². The summed E-state index contributed by atoms with van der Waals surface area (Å²) in [4.78, 5) is 0. The van der Waals surface area contributed by atoms with E-state index in [2.05, 4.69) is 68.4 Å². The van der Waals surface area contributed by atoms with E-state index >= 15 is 0 Å². The largest absolute Gasteiger partial charge is 0.146 e. The van der Waals surface area contributed by atoms with Crippen molar-refractivity contribution in [1.29, 1.82) is 0 Å². The Hall–Kier alpha value is -1.60. The minimum Gasteiger partial charge on any atom is -0.0642 e. The highest BCUT2D eigenvalue weighted by Crippen LogP contribution is 2.46. The first-order chi connectivity index (χ1) is 8.73. The molecule has 0 saturated carbocycles. The highest BCUT2D eigenvalue weighted by atomic mass is 28.3. The second-order valence-electron chi connectivity index (χ2n) is 5.46. The van der Waals surface area contributed by atoms with Crippen LogP contribution in [0.3, 0.4) is 0 Å². The molecular weight excluding hydrogens is 232 g/mol. The second-order valence-corrected chi connectivity index (χ2v) is 9.33. The molecule has 0 amide bonds. The summed E-state index contributed by atoms with van der Waals surface area (Å²) in [7, 11) is -1.59. The molecule has 0 nitrogen and oxygen atoms in total.